The summed E-state index contributed by atoms with van der Waals surface area (Å²) in [5.41, 5.74) is 21.4. The smallest absolute Gasteiger partial charge is 0.264 e. The second kappa shape index (κ2) is 13.8. The molecule has 0 fully saturated rings. The van der Waals surface area contributed by atoms with Crippen LogP contribution in [0.3, 0.4) is 0 Å². The monoisotopic (exact) mass is 917 g/mol. The Balaban J connectivity index is 1.28. The molecule has 0 saturated heterocycles. The summed E-state index contributed by atoms with van der Waals surface area (Å²) in [6.45, 7) is 31.0. The molecule has 7 aromatic carbocycles. The number of rotatable bonds is 2. The topological polar surface area (TPSA) is 10.9 Å². The summed E-state index contributed by atoms with van der Waals surface area (Å²) in [6.07, 6.45) is 2.35. The molecule has 344 valence electrons. The number of para-hydroxylation sites is 2. The summed E-state index contributed by atoms with van der Waals surface area (Å²) in [6, 6.07) is 50.5. The van der Waals surface area contributed by atoms with E-state index in [4.69, 9.17) is 0 Å². The maximum Gasteiger partial charge on any atom is 0.264 e. The fourth-order valence-electron chi connectivity index (χ4n) is 12.8. The molecule has 5 heteroatoms. The van der Waals surface area contributed by atoms with E-state index in [0.717, 1.165) is 6.42 Å². The van der Waals surface area contributed by atoms with Crippen LogP contribution < -0.4 is 25.5 Å². The first kappa shape index (κ1) is 43.0. The van der Waals surface area contributed by atoms with Gasteiger partial charge in [-0.05, 0) is 133 Å². The Morgan fingerprint density at radius 2 is 1.03 bits per heavy atom. The largest absolute Gasteiger partial charge is 0.311 e. The van der Waals surface area contributed by atoms with Gasteiger partial charge in [-0.25, -0.2) is 0 Å². The number of fused-ring (bicyclic) bond motifs is 15. The zero-order valence-corrected chi connectivity index (χ0v) is 43.7. The predicted octanol–water partition coefficient (Wildman–Crippen LogP) is 16.4. The molecule has 0 N–H and O–H groups in total. The minimum Gasteiger partial charge on any atom is -0.311 e. The van der Waals surface area contributed by atoms with Gasteiger partial charge in [0.1, 0.15) is 0 Å². The van der Waals surface area contributed by atoms with Crippen molar-refractivity contribution in [3.8, 4) is 0 Å². The molecule has 2 aliphatic heterocycles. The third-order valence-corrected chi connectivity index (χ3v) is 18.0. The minimum absolute atomic E-state index is 0.0114. The Bertz CT molecular complexity index is 3800. The Morgan fingerprint density at radius 3 is 1.65 bits per heavy atom. The molecule has 5 heterocycles. The highest BCUT2D eigenvalue weighted by molar-refractivity contribution is 7.33. The van der Waals surface area contributed by atoms with Gasteiger partial charge in [-0.15, -0.1) is 11.3 Å². The van der Waals surface area contributed by atoms with Crippen LogP contribution >= 0.6 is 11.3 Å². The first-order valence-electron chi connectivity index (χ1n) is 25.4. The summed E-state index contributed by atoms with van der Waals surface area (Å²) in [5, 5.41) is 6.62. The molecule has 0 unspecified atom stereocenters. The predicted molar refractivity (Wildman–Crippen MR) is 302 cm³/mol. The Morgan fingerprint density at radius 1 is 0.493 bits per heavy atom. The van der Waals surface area contributed by atoms with Crippen molar-refractivity contribution in [2.75, 3.05) is 9.80 Å². The van der Waals surface area contributed by atoms with E-state index in [1.807, 2.05) is 11.3 Å². The molecule has 13 rings (SSSR count). The zero-order valence-electron chi connectivity index (χ0n) is 42.9. The summed E-state index contributed by atoms with van der Waals surface area (Å²) >= 11 is 2.02. The molecular formula is C64H64BN3S. The van der Waals surface area contributed by atoms with Crippen LogP contribution in [0.25, 0.3) is 48.2 Å². The molecule has 10 aromatic rings. The third-order valence-electron chi connectivity index (χ3n) is 16.8. The number of hydrogen-bond donors (Lipinski definition) is 0. The van der Waals surface area contributed by atoms with E-state index in [1.165, 1.54) is 132 Å². The van der Waals surface area contributed by atoms with E-state index in [1.54, 1.807) is 0 Å². The molecule has 3 aliphatic rings. The quantitative estimate of drug-likeness (QED) is 0.160. The number of thiophene rings is 1. The maximum absolute atomic E-state index is 2.78. The number of anilines is 6. The molecule has 0 bridgehead atoms. The van der Waals surface area contributed by atoms with Crippen molar-refractivity contribution in [1.82, 2.24) is 4.40 Å². The Labute approximate surface area is 413 Å². The van der Waals surface area contributed by atoms with Crippen molar-refractivity contribution in [2.45, 2.75) is 130 Å². The maximum atomic E-state index is 2.78. The molecule has 0 spiro atoms. The normalized spacial score (nSPS) is 16.5. The molecule has 0 atom stereocenters. The molecule has 3 aromatic heterocycles. The van der Waals surface area contributed by atoms with Crippen molar-refractivity contribution in [2.24, 2.45) is 0 Å². The van der Waals surface area contributed by atoms with Gasteiger partial charge in [-0.1, -0.05) is 163 Å². The average molecular weight is 918 g/mol. The Hall–Kier alpha value is -6.04. The van der Waals surface area contributed by atoms with Crippen LogP contribution in [0.2, 0.25) is 0 Å². The lowest BCUT2D eigenvalue weighted by Gasteiger charge is -2.45. The van der Waals surface area contributed by atoms with Gasteiger partial charge >= 0.3 is 0 Å². The molecular weight excluding hydrogens is 854 g/mol. The summed E-state index contributed by atoms with van der Waals surface area (Å²) in [4.78, 5) is 5.46. The van der Waals surface area contributed by atoms with E-state index in [9.17, 15) is 0 Å². The van der Waals surface area contributed by atoms with E-state index in [-0.39, 0.29) is 33.8 Å². The first-order valence-corrected chi connectivity index (χ1v) is 26.3. The van der Waals surface area contributed by atoms with Gasteiger partial charge in [0.2, 0.25) is 0 Å². The van der Waals surface area contributed by atoms with Gasteiger partial charge in [0.15, 0.2) is 0 Å². The van der Waals surface area contributed by atoms with Gasteiger partial charge in [-0.3, -0.25) is 0 Å². The van der Waals surface area contributed by atoms with Crippen molar-refractivity contribution in [1.29, 1.82) is 0 Å². The molecule has 69 heavy (non-hydrogen) atoms. The van der Waals surface area contributed by atoms with Crippen molar-refractivity contribution < 1.29 is 0 Å². The number of hydrogen-bond acceptors (Lipinski definition) is 3. The van der Waals surface area contributed by atoms with E-state index >= 15 is 0 Å². The summed E-state index contributed by atoms with van der Waals surface area (Å²) < 4.78 is 5.38. The van der Waals surface area contributed by atoms with E-state index in [2.05, 4.69) is 232 Å². The minimum atomic E-state index is -0.0449. The van der Waals surface area contributed by atoms with Gasteiger partial charge in [0.25, 0.3) is 6.71 Å². The lowest BCUT2D eigenvalue weighted by Crippen LogP contribution is -2.60. The lowest BCUT2D eigenvalue weighted by molar-refractivity contribution is 0.332. The fourth-order valence-corrected chi connectivity index (χ4v) is 14.1. The first-order chi connectivity index (χ1) is 32.6. The number of benzene rings is 7. The van der Waals surface area contributed by atoms with Crippen molar-refractivity contribution in [3.63, 3.8) is 0 Å². The van der Waals surface area contributed by atoms with Crippen LogP contribution in [0, 0.1) is 0 Å². The van der Waals surface area contributed by atoms with Crippen LogP contribution in [0.4, 0.5) is 34.1 Å². The fraction of sp³-hybridized carbons (Fsp3) is 0.312. The van der Waals surface area contributed by atoms with Gasteiger partial charge < -0.3 is 14.2 Å². The second-order valence-electron chi connectivity index (χ2n) is 25.3. The highest BCUT2D eigenvalue weighted by Crippen LogP contribution is 2.57. The van der Waals surface area contributed by atoms with Crippen LogP contribution in [0.15, 0.2) is 127 Å². The summed E-state index contributed by atoms with van der Waals surface area (Å²) in [5.74, 6) is 0. The van der Waals surface area contributed by atoms with Crippen molar-refractivity contribution >= 4 is 116 Å². The van der Waals surface area contributed by atoms with Crippen LogP contribution in [-0.2, 0) is 27.1 Å². The van der Waals surface area contributed by atoms with Crippen molar-refractivity contribution in [3.05, 3.63) is 155 Å². The highest BCUT2D eigenvalue weighted by Gasteiger charge is 2.49. The van der Waals surface area contributed by atoms with E-state index < -0.39 is 0 Å². The summed E-state index contributed by atoms with van der Waals surface area (Å²) in [7, 11) is 0. The molecule has 3 nitrogen and oxygen atoms in total. The molecule has 1 aliphatic carbocycles. The molecule has 0 saturated carbocycles. The average Bonchev–Trinajstić information content (AvgIpc) is 3.97. The van der Waals surface area contributed by atoms with Gasteiger partial charge in [0, 0.05) is 53.5 Å². The lowest BCUT2D eigenvalue weighted by atomic mass is 9.35. The zero-order chi connectivity index (χ0) is 48.1. The molecule has 0 radical (unpaired) electrons. The Kier molecular flexibility index (Phi) is 8.63. The second-order valence-corrected chi connectivity index (χ2v) is 26.4. The van der Waals surface area contributed by atoms with Gasteiger partial charge in [-0.2, -0.15) is 0 Å². The molecule has 0 amide bonds. The third kappa shape index (κ3) is 5.92. The van der Waals surface area contributed by atoms with Crippen LogP contribution in [0.1, 0.15) is 131 Å². The number of nitrogens with zero attached hydrogens (tertiary/aromatic N) is 3. The van der Waals surface area contributed by atoms with Crippen LogP contribution in [0.5, 0.6) is 0 Å². The highest BCUT2D eigenvalue weighted by atomic mass is 32.1. The SMILES string of the molecule is CC(C)(C)c1ccc(N2c3ccc(C(C)(C)C)cc3B3c4sc5ccc(C(C)(C)C)cc5c4N(c4ccc5c(c4)C(C)(C)CCC5(C)C)c4c3c2c2c3ccccc3n3c5ccccc5c4c23)cc1. The number of aromatic nitrogens is 1. The van der Waals surface area contributed by atoms with Gasteiger partial charge in [0.05, 0.1) is 33.6 Å². The van der Waals surface area contributed by atoms with E-state index in [0.29, 0.717) is 0 Å². The van der Waals surface area contributed by atoms with Crippen LogP contribution in [-0.4, -0.2) is 11.1 Å². The standard InChI is InChI=1S/C64H64BN3S/c1-60(2,3)37-22-26-40(27-23-37)66-50-30-24-39(62(7,8)9)35-47(50)65-54-57(66)52-42-18-14-16-20-48(42)68-49-21-17-15-19-43(49)53(56(52)68)58(54)67(41-28-29-45-46(36-41)64(12,13)33-32-63(45,10)11)55-44-34-38(61(4,5)6)25-31-51(44)69-59(55)65/h14-31,34-36H,32-33H2,1-13H3.